The van der Waals surface area contributed by atoms with Gasteiger partial charge in [0, 0.05) is 0 Å². The van der Waals surface area contributed by atoms with Gasteiger partial charge in [0.15, 0.2) is 0 Å². The van der Waals surface area contributed by atoms with Crippen LogP contribution in [0.15, 0.2) is 0 Å². The van der Waals surface area contributed by atoms with E-state index in [2.05, 4.69) is 13.8 Å². The third kappa shape index (κ3) is 2.38. The minimum Gasteiger partial charge on any atom is -0.0625 e. The second kappa shape index (κ2) is 3.24. The summed E-state index contributed by atoms with van der Waals surface area (Å²) >= 11 is 0. The molecule has 1 aliphatic carbocycles. The van der Waals surface area contributed by atoms with Crippen LogP contribution >= 0.6 is 0 Å². The van der Waals surface area contributed by atoms with E-state index < -0.39 is 0 Å². The van der Waals surface area contributed by atoms with Crippen LogP contribution in [-0.4, -0.2) is 0 Å². The fourth-order valence-corrected chi connectivity index (χ4v) is 1.73. The Morgan fingerprint density at radius 1 is 1.22 bits per heavy atom. The van der Waals surface area contributed by atoms with Crippen LogP contribution in [-0.2, 0) is 0 Å². The van der Waals surface area contributed by atoms with Crippen LogP contribution < -0.4 is 0 Å². The molecule has 0 aromatic heterocycles. The minimum absolute atomic E-state index is 0.752. The molecule has 0 bridgehead atoms. The smallest absolute Gasteiger partial charge is 0.0412 e. The van der Waals surface area contributed by atoms with Crippen LogP contribution in [0, 0.1) is 18.8 Å². The van der Waals surface area contributed by atoms with E-state index in [4.69, 9.17) is 0 Å². The molecule has 2 unspecified atom stereocenters. The van der Waals surface area contributed by atoms with Gasteiger partial charge in [0.1, 0.15) is 0 Å². The second-order valence-corrected chi connectivity index (χ2v) is 3.49. The summed E-state index contributed by atoms with van der Waals surface area (Å²) in [6.07, 6.45) is 7.02. The van der Waals surface area contributed by atoms with Gasteiger partial charge in [-0.05, 0) is 18.3 Å². The third-order valence-corrected chi connectivity index (χ3v) is 2.29. The molecule has 9 heavy (non-hydrogen) atoms. The molecule has 0 aliphatic heterocycles. The molecule has 1 radical (unpaired) electrons. The summed E-state index contributed by atoms with van der Waals surface area (Å²) < 4.78 is 0. The zero-order chi connectivity index (χ0) is 6.69. The summed E-state index contributed by atoms with van der Waals surface area (Å²) in [5, 5.41) is 0. The Morgan fingerprint density at radius 3 is 2.67 bits per heavy atom. The number of hydrogen-bond acceptors (Lipinski definition) is 0. The van der Waals surface area contributed by atoms with Crippen LogP contribution in [0.1, 0.15) is 39.0 Å². The van der Waals surface area contributed by atoms with E-state index in [0.29, 0.717) is 0 Å². The first-order valence-corrected chi connectivity index (χ1v) is 4.12. The first kappa shape index (κ1) is 7.11. The molecule has 0 spiro atoms. The maximum absolute atomic E-state index is 4.11. The molecule has 0 amide bonds. The monoisotopic (exact) mass is 125 g/mol. The molecule has 0 heterocycles. The van der Waals surface area contributed by atoms with Crippen molar-refractivity contribution in [1.29, 1.82) is 0 Å². The lowest BCUT2D eigenvalue weighted by Gasteiger charge is -2.09. The molecule has 0 heteroatoms. The molecule has 1 rings (SSSR count). The predicted octanol–water partition coefficient (Wildman–Crippen LogP) is 3.04. The highest BCUT2D eigenvalue weighted by molar-refractivity contribution is 4.69. The van der Waals surface area contributed by atoms with E-state index in [0.717, 1.165) is 11.8 Å². The first-order valence-electron chi connectivity index (χ1n) is 4.12. The summed E-state index contributed by atoms with van der Waals surface area (Å²) in [5.74, 6) is 1.69. The Balaban J connectivity index is 2.29. The van der Waals surface area contributed by atoms with E-state index in [9.17, 15) is 0 Å². The Morgan fingerprint density at radius 2 is 1.89 bits per heavy atom. The molecule has 53 valence electrons. The zero-order valence-electron chi connectivity index (χ0n) is 6.40. The van der Waals surface area contributed by atoms with Crippen molar-refractivity contribution in [3.63, 3.8) is 0 Å². The maximum Gasteiger partial charge on any atom is -0.0412 e. The van der Waals surface area contributed by atoms with Crippen LogP contribution in [0.4, 0.5) is 0 Å². The van der Waals surface area contributed by atoms with E-state index in [1.807, 2.05) is 0 Å². The largest absolute Gasteiger partial charge is 0.0625 e. The van der Waals surface area contributed by atoms with Gasteiger partial charge in [0.25, 0.3) is 0 Å². The molecular weight excluding hydrogens is 108 g/mol. The predicted molar refractivity (Wildman–Crippen MR) is 41.1 cm³/mol. The van der Waals surface area contributed by atoms with Crippen molar-refractivity contribution in [3.8, 4) is 0 Å². The number of hydrogen-bond donors (Lipinski definition) is 0. The molecular formula is C9H17. The first-order chi connectivity index (χ1) is 4.29. The highest BCUT2D eigenvalue weighted by Crippen LogP contribution is 2.26. The van der Waals surface area contributed by atoms with E-state index in [1.165, 1.54) is 32.1 Å². The summed E-state index contributed by atoms with van der Waals surface area (Å²) in [4.78, 5) is 0. The Kier molecular flexibility index (Phi) is 2.56. The Bertz CT molecular complexity index is 66.1. The molecule has 0 saturated heterocycles. The van der Waals surface area contributed by atoms with E-state index in [-0.39, 0.29) is 0 Å². The summed E-state index contributed by atoms with van der Waals surface area (Å²) in [7, 11) is 0. The van der Waals surface area contributed by atoms with Crippen LogP contribution in [0.25, 0.3) is 0 Å². The molecule has 1 aliphatic rings. The quantitative estimate of drug-likeness (QED) is 0.436. The topological polar surface area (TPSA) is 0 Å². The van der Waals surface area contributed by atoms with Gasteiger partial charge in [0.2, 0.25) is 0 Å². The maximum atomic E-state index is 4.11. The Hall–Kier alpha value is 0. The van der Waals surface area contributed by atoms with Gasteiger partial charge in [-0.1, -0.05) is 39.5 Å². The summed E-state index contributed by atoms with van der Waals surface area (Å²) in [6, 6.07) is 0. The third-order valence-electron chi connectivity index (χ3n) is 2.29. The minimum atomic E-state index is 0.752. The van der Waals surface area contributed by atoms with Crippen LogP contribution in [0.3, 0.4) is 0 Å². The van der Waals surface area contributed by atoms with Gasteiger partial charge in [0.05, 0.1) is 0 Å². The average molecular weight is 125 g/mol. The SMILES string of the molecule is [CH2]C1CCCCC(C)C1. The Labute approximate surface area is 58.7 Å². The molecule has 0 nitrogen and oxygen atoms in total. The van der Waals surface area contributed by atoms with Crippen LogP contribution in [0.5, 0.6) is 0 Å². The van der Waals surface area contributed by atoms with Gasteiger partial charge >= 0.3 is 0 Å². The highest BCUT2D eigenvalue weighted by atomic mass is 14.2. The van der Waals surface area contributed by atoms with Gasteiger partial charge in [-0.3, -0.25) is 0 Å². The fourth-order valence-electron chi connectivity index (χ4n) is 1.73. The van der Waals surface area contributed by atoms with Crippen molar-refractivity contribution in [2.75, 3.05) is 0 Å². The van der Waals surface area contributed by atoms with Gasteiger partial charge in [-0.15, -0.1) is 0 Å². The molecule has 0 aromatic rings. The molecule has 1 fully saturated rings. The van der Waals surface area contributed by atoms with Gasteiger partial charge in [-0.2, -0.15) is 0 Å². The van der Waals surface area contributed by atoms with Crippen molar-refractivity contribution >= 4 is 0 Å². The summed E-state index contributed by atoms with van der Waals surface area (Å²) in [5.41, 5.74) is 0. The second-order valence-electron chi connectivity index (χ2n) is 3.49. The molecule has 0 N–H and O–H groups in total. The normalized spacial score (nSPS) is 38.0. The molecule has 2 atom stereocenters. The molecule has 0 aromatic carbocycles. The van der Waals surface area contributed by atoms with Crippen molar-refractivity contribution in [1.82, 2.24) is 0 Å². The average Bonchev–Trinajstić information content (AvgIpc) is 1.93. The lowest BCUT2D eigenvalue weighted by atomic mass is 9.97. The lowest BCUT2D eigenvalue weighted by molar-refractivity contribution is 0.451. The van der Waals surface area contributed by atoms with Crippen molar-refractivity contribution in [2.24, 2.45) is 11.8 Å². The van der Waals surface area contributed by atoms with E-state index in [1.54, 1.807) is 0 Å². The van der Waals surface area contributed by atoms with Gasteiger partial charge < -0.3 is 0 Å². The van der Waals surface area contributed by atoms with Crippen molar-refractivity contribution < 1.29 is 0 Å². The van der Waals surface area contributed by atoms with Crippen molar-refractivity contribution in [2.45, 2.75) is 39.0 Å². The van der Waals surface area contributed by atoms with Crippen molar-refractivity contribution in [3.05, 3.63) is 6.92 Å². The fraction of sp³-hybridized carbons (Fsp3) is 0.889. The van der Waals surface area contributed by atoms with E-state index >= 15 is 0 Å². The standard InChI is InChI=1S/C9H17/c1-8-5-3-4-6-9(2)7-8/h8-9H,1,3-7H2,2H3. The zero-order valence-corrected chi connectivity index (χ0v) is 6.40. The number of rotatable bonds is 0. The van der Waals surface area contributed by atoms with Crippen LogP contribution in [0.2, 0.25) is 0 Å². The highest BCUT2D eigenvalue weighted by Gasteiger charge is 2.12. The lowest BCUT2D eigenvalue weighted by Crippen LogP contribution is -1.98. The summed E-state index contributed by atoms with van der Waals surface area (Å²) in [6.45, 7) is 6.46. The molecule has 1 saturated carbocycles. The van der Waals surface area contributed by atoms with Gasteiger partial charge in [-0.25, -0.2) is 0 Å².